The Hall–Kier alpha value is -1.64. The van der Waals surface area contributed by atoms with Gasteiger partial charge >= 0.3 is 0 Å². The minimum atomic E-state index is -0.355. The maximum atomic E-state index is 11.5. The van der Waals surface area contributed by atoms with Gasteiger partial charge < -0.3 is 0 Å². The Morgan fingerprint density at radius 3 is 2.12 bits per heavy atom. The van der Waals surface area contributed by atoms with E-state index in [-0.39, 0.29) is 17.2 Å². The number of imide groups is 1. The van der Waals surface area contributed by atoms with Gasteiger partial charge in [-0.05, 0) is 17.5 Å². The quantitative estimate of drug-likeness (QED) is 0.791. The van der Waals surface area contributed by atoms with E-state index in [9.17, 15) is 9.59 Å². The third-order valence-electron chi connectivity index (χ3n) is 3.44. The van der Waals surface area contributed by atoms with Crippen LogP contribution in [0.2, 0.25) is 0 Å². The van der Waals surface area contributed by atoms with Crippen LogP contribution in [0.1, 0.15) is 37.8 Å². The largest absolute Gasteiger partial charge is 0.296 e. The van der Waals surface area contributed by atoms with Crippen LogP contribution in [0.4, 0.5) is 0 Å². The molecule has 0 saturated carbocycles. The molecule has 1 heterocycles. The lowest BCUT2D eigenvalue weighted by molar-refractivity contribution is -0.135. The van der Waals surface area contributed by atoms with Gasteiger partial charge in [0.25, 0.3) is 0 Å². The number of carbonyl (C=O) groups is 2. The predicted octanol–water partition coefficient (Wildman–Crippen LogP) is 1.94. The fourth-order valence-electron chi connectivity index (χ4n) is 2.36. The van der Waals surface area contributed by atoms with E-state index in [1.54, 1.807) is 0 Å². The van der Waals surface area contributed by atoms with Gasteiger partial charge in [0.15, 0.2) is 0 Å². The maximum absolute atomic E-state index is 11.5. The normalized spacial score (nSPS) is 18.9. The SMILES string of the molecule is CCc1ccc(C2(C)CC(=O)NC(=O)C2)cc1. The van der Waals surface area contributed by atoms with Crippen molar-refractivity contribution in [1.29, 1.82) is 0 Å². The first-order chi connectivity index (χ1) is 8.03. The Morgan fingerprint density at radius 1 is 1.12 bits per heavy atom. The van der Waals surface area contributed by atoms with Crippen LogP contribution >= 0.6 is 0 Å². The Morgan fingerprint density at radius 2 is 1.65 bits per heavy atom. The highest BCUT2D eigenvalue weighted by Crippen LogP contribution is 2.33. The molecule has 0 bridgehead atoms. The minimum Gasteiger partial charge on any atom is -0.296 e. The van der Waals surface area contributed by atoms with E-state index in [4.69, 9.17) is 0 Å². The van der Waals surface area contributed by atoms with E-state index < -0.39 is 0 Å². The molecule has 3 nitrogen and oxygen atoms in total. The topological polar surface area (TPSA) is 46.2 Å². The van der Waals surface area contributed by atoms with Crippen molar-refractivity contribution in [1.82, 2.24) is 5.32 Å². The summed E-state index contributed by atoms with van der Waals surface area (Å²) >= 11 is 0. The molecule has 1 aromatic rings. The van der Waals surface area contributed by atoms with Gasteiger partial charge in [-0.1, -0.05) is 38.1 Å². The number of rotatable bonds is 2. The Balaban J connectivity index is 2.29. The average Bonchev–Trinajstić information content (AvgIpc) is 2.27. The van der Waals surface area contributed by atoms with Crippen molar-refractivity contribution in [3.05, 3.63) is 35.4 Å². The smallest absolute Gasteiger partial charge is 0.227 e. The standard InChI is InChI=1S/C14H17NO2/c1-3-10-4-6-11(7-5-10)14(2)8-12(16)15-13(17)9-14/h4-7H,3,8-9H2,1-2H3,(H,15,16,17). The van der Waals surface area contributed by atoms with E-state index in [0.717, 1.165) is 12.0 Å². The molecule has 0 radical (unpaired) electrons. The Bertz CT molecular complexity index is 432. The summed E-state index contributed by atoms with van der Waals surface area (Å²) in [5.41, 5.74) is 1.98. The Labute approximate surface area is 101 Å². The van der Waals surface area contributed by atoms with Gasteiger partial charge in [0.1, 0.15) is 0 Å². The van der Waals surface area contributed by atoms with Crippen LogP contribution in [-0.4, -0.2) is 11.8 Å². The zero-order chi connectivity index (χ0) is 12.5. The molecule has 0 atom stereocenters. The highest BCUT2D eigenvalue weighted by Gasteiger charge is 2.36. The first-order valence-electron chi connectivity index (χ1n) is 5.95. The van der Waals surface area contributed by atoms with E-state index in [1.807, 2.05) is 19.1 Å². The number of piperidine rings is 1. The average molecular weight is 231 g/mol. The number of hydrogen-bond donors (Lipinski definition) is 1. The fraction of sp³-hybridized carbons (Fsp3) is 0.429. The van der Waals surface area contributed by atoms with E-state index in [2.05, 4.69) is 24.4 Å². The van der Waals surface area contributed by atoms with Crippen LogP contribution in [0.15, 0.2) is 24.3 Å². The van der Waals surface area contributed by atoms with Crippen LogP contribution in [0, 0.1) is 0 Å². The molecule has 0 aliphatic carbocycles. The Kier molecular flexibility index (Phi) is 3.01. The monoisotopic (exact) mass is 231 g/mol. The molecule has 1 fully saturated rings. The third-order valence-corrected chi connectivity index (χ3v) is 3.44. The van der Waals surface area contributed by atoms with Gasteiger partial charge in [-0.25, -0.2) is 0 Å². The second kappa shape index (κ2) is 4.32. The van der Waals surface area contributed by atoms with Crippen molar-refractivity contribution in [3.8, 4) is 0 Å². The molecule has 1 aliphatic heterocycles. The van der Waals surface area contributed by atoms with Crippen molar-refractivity contribution in [2.24, 2.45) is 0 Å². The molecule has 2 amide bonds. The molecule has 0 spiro atoms. The fourth-order valence-corrected chi connectivity index (χ4v) is 2.36. The number of amides is 2. The van der Waals surface area contributed by atoms with Crippen LogP contribution in [0.25, 0.3) is 0 Å². The summed E-state index contributed by atoms with van der Waals surface area (Å²) in [5.74, 6) is -0.355. The first kappa shape index (κ1) is 11.8. The third kappa shape index (κ3) is 2.38. The first-order valence-corrected chi connectivity index (χ1v) is 5.95. The second-order valence-electron chi connectivity index (χ2n) is 4.94. The highest BCUT2D eigenvalue weighted by atomic mass is 16.2. The zero-order valence-electron chi connectivity index (χ0n) is 10.2. The van der Waals surface area contributed by atoms with Crippen LogP contribution in [-0.2, 0) is 21.4 Å². The number of nitrogens with one attached hydrogen (secondary N) is 1. The van der Waals surface area contributed by atoms with Gasteiger partial charge in [0.2, 0.25) is 11.8 Å². The molecule has 3 heteroatoms. The molecule has 1 saturated heterocycles. The van der Waals surface area contributed by atoms with E-state index in [0.29, 0.717) is 12.8 Å². The van der Waals surface area contributed by atoms with Crippen molar-refractivity contribution < 1.29 is 9.59 Å². The maximum Gasteiger partial charge on any atom is 0.227 e. The minimum absolute atomic E-state index is 0.177. The van der Waals surface area contributed by atoms with Gasteiger partial charge in [-0.3, -0.25) is 14.9 Å². The summed E-state index contributed by atoms with van der Waals surface area (Å²) in [6, 6.07) is 8.20. The summed E-state index contributed by atoms with van der Waals surface area (Å²) in [5, 5.41) is 2.35. The predicted molar refractivity (Wildman–Crippen MR) is 65.6 cm³/mol. The van der Waals surface area contributed by atoms with Crippen molar-refractivity contribution in [3.63, 3.8) is 0 Å². The molecule has 1 aliphatic rings. The lowest BCUT2D eigenvalue weighted by atomic mass is 9.74. The van der Waals surface area contributed by atoms with Crippen molar-refractivity contribution in [2.75, 3.05) is 0 Å². The van der Waals surface area contributed by atoms with Crippen LogP contribution < -0.4 is 5.32 Å². The van der Waals surface area contributed by atoms with Gasteiger partial charge in [0.05, 0.1) is 0 Å². The molecular weight excluding hydrogens is 214 g/mol. The molecule has 90 valence electrons. The van der Waals surface area contributed by atoms with E-state index in [1.165, 1.54) is 5.56 Å². The lowest BCUT2D eigenvalue weighted by Gasteiger charge is -2.32. The molecule has 1 N–H and O–H groups in total. The van der Waals surface area contributed by atoms with Crippen LogP contribution in [0.3, 0.4) is 0 Å². The molecule has 17 heavy (non-hydrogen) atoms. The molecule has 1 aromatic carbocycles. The lowest BCUT2D eigenvalue weighted by Crippen LogP contribution is -2.45. The van der Waals surface area contributed by atoms with Crippen molar-refractivity contribution in [2.45, 2.75) is 38.5 Å². The molecular formula is C14H17NO2. The summed E-state index contributed by atoms with van der Waals surface area (Å²) in [6.45, 7) is 4.08. The highest BCUT2D eigenvalue weighted by molar-refractivity contribution is 5.99. The number of aryl methyl sites for hydroxylation is 1. The van der Waals surface area contributed by atoms with Gasteiger partial charge in [-0.2, -0.15) is 0 Å². The summed E-state index contributed by atoms with van der Waals surface area (Å²) in [6.07, 6.45) is 1.75. The summed E-state index contributed by atoms with van der Waals surface area (Å²) < 4.78 is 0. The molecule has 0 aromatic heterocycles. The number of benzene rings is 1. The van der Waals surface area contributed by atoms with Crippen LogP contribution in [0.5, 0.6) is 0 Å². The van der Waals surface area contributed by atoms with Gasteiger partial charge in [0, 0.05) is 18.3 Å². The number of hydrogen-bond acceptors (Lipinski definition) is 2. The van der Waals surface area contributed by atoms with Gasteiger partial charge in [-0.15, -0.1) is 0 Å². The second-order valence-corrected chi connectivity index (χ2v) is 4.94. The molecule has 2 rings (SSSR count). The van der Waals surface area contributed by atoms with E-state index >= 15 is 0 Å². The summed E-state index contributed by atoms with van der Waals surface area (Å²) in [7, 11) is 0. The number of carbonyl (C=O) groups excluding carboxylic acids is 2. The zero-order valence-corrected chi connectivity index (χ0v) is 10.2. The molecule has 0 unspecified atom stereocenters. The summed E-state index contributed by atoms with van der Waals surface area (Å²) in [4.78, 5) is 22.9. The van der Waals surface area contributed by atoms with Crippen molar-refractivity contribution >= 4 is 11.8 Å².